The maximum atomic E-state index is 12.7. The van der Waals surface area contributed by atoms with Crippen LogP contribution in [0.4, 0.5) is 19.0 Å². The van der Waals surface area contributed by atoms with Crippen LogP contribution in [0.2, 0.25) is 0 Å². The molecule has 0 bridgehead atoms. The van der Waals surface area contributed by atoms with E-state index in [1.807, 2.05) is 4.90 Å². The molecule has 8 heteroatoms. The van der Waals surface area contributed by atoms with Gasteiger partial charge in [0, 0.05) is 32.1 Å². The van der Waals surface area contributed by atoms with Crippen molar-refractivity contribution in [3.63, 3.8) is 0 Å². The number of hydrogen-bond acceptors (Lipinski definition) is 4. The number of alkyl halides is 3. The Morgan fingerprint density at radius 1 is 1.55 bits per heavy atom. The monoisotopic (exact) mass is 285 g/mol. The van der Waals surface area contributed by atoms with Crippen molar-refractivity contribution in [2.75, 3.05) is 19.6 Å². The van der Waals surface area contributed by atoms with E-state index >= 15 is 0 Å². The average Bonchev–Trinajstić information content (AvgIpc) is 3.01. The molecule has 0 spiro atoms. The average molecular weight is 285 g/mol. The fourth-order valence-electron chi connectivity index (χ4n) is 2.33. The van der Waals surface area contributed by atoms with Gasteiger partial charge in [0.25, 0.3) is 0 Å². The Morgan fingerprint density at radius 3 is 2.90 bits per heavy atom. The molecule has 0 saturated carbocycles. The second-order valence-electron chi connectivity index (χ2n) is 4.64. The lowest BCUT2D eigenvalue weighted by molar-refractivity contribution is -0.141. The van der Waals surface area contributed by atoms with Crippen molar-refractivity contribution in [3.8, 4) is 6.07 Å². The van der Waals surface area contributed by atoms with Gasteiger partial charge in [-0.1, -0.05) is 0 Å². The Bertz CT molecular complexity index is 528. The summed E-state index contributed by atoms with van der Waals surface area (Å²) in [6.45, 7) is 5.23. The van der Waals surface area contributed by atoms with Gasteiger partial charge >= 0.3 is 6.18 Å². The maximum Gasteiger partial charge on any atom is 0.435 e. The summed E-state index contributed by atoms with van der Waals surface area (Å²) in [6.07, 6.45) is -3.39. The number of nitriles is 1. The molecule has 0 N–H and O–H groups in total. The molecule has 2 rings (SSSR count). The topological polar surface area (TPSA) is 57.2 Å². The van der Waals surface area contributed by atoms with Crippen molar-refractivity contribution in [1.29, 1.82) is 5.26 Å². The normalized spacial score (nSPS) is 20.0. The number of halogens is 3. The second-order valence-corrected chi connectivity index (χ2v) is 4.64. The Morgan fingerprint density at radius 2 is 2.30 bits per heavy atom. The molecule has 1 aliphatic heterocycles. The summed E-state index contributed by atoms with van der Waals surface area (Å²) in [4.78, 5) is 5.65. The molecule has 1 aromatic rings. The lowest BCUT2D eigenvalue weighted by Crippen LogP contribution is -2.23. The summed E-state index contributed by atoms with van der Waals surface area (Å²) in [5, 5.41) is 12.2. The van der Waals surface area contributed by atoms with Crippen LogP contribution in [0.25, 0.3) is 0 Å². The number of aliphatic imine (C=N–C) groups is 1. The van der Waals surface area contributed by atoms with Crippen molar-refractivity contribution in [2.45, 2.75) is 25.1 Å². The fraction of sp³-hybridized carbons (Fsp3) is 0.583. The van der Waals surface area contributed by atoms with E-state index in [1.165, 1.54) is 4.68 Å². The minimum atomic E-state index is -4.48. The van der Waals surface area contributed by atoms with E-state index in [2.05, 4.69) is 22.9 Å². The summed E-state index contributed by atoms with van der Waals surface area (Å²) < 4.78 is 39.3. The zero-order chi connectivity index (χ0) is 14.8. The van der Waals surface area contributed by atoms with Gasteiger partial charge in [-0.15, -0.1) is 0 Å². The first-order valence-electron chi connectivity index (χ1n) is 6.18. The van der Waals surface area contributed by atoms with Crippen LogP contribution in [0.3, 0.4) is 0 Å². The Balaban J connectivity index is 2.15. The van der Waals surface area contributed by atoms with Crippen LogP contribution >= 0.6 is 0 Å². The third kappa shape index (κ3) is 2.99. The van der Waals surface area contributed by atoms with E-state index in [0.29, 0.717) is 25.9 Å². The number of likely N-dealkylation sites (tertiary alicyclic amines) is 1. The number of aromatic nitrogens is 2. The van der Waals surface area contributed by atoms with Gasteiger partial charge in [-0.2, -0.15) is 23.5 Å². The van der Waals surface area contributed by atoms with Crippen molar-refractivity contribution in [3.05, 3.63) is 11.8 Å². The van der Waals surface area contributed by atoms with Crippen LogP contribution in [0.15, 0.2) is 11.1 Å². The molecular weight excluding hydrogens is 271 g/mol. The van der Waals surface area contributed by atoms with E-state index in [0.717, 1.165) is 12.6 Å². The van der Waals surface area contributed by atoms with Crippen LogP contribution in [-0.4, -0.2) is 41.0 Å². The molecule has 0 amide bonds. The SMILES string of the molecule is C=Nc1cc(C(F)(F)F)nn1C1CCN(CCC#N)C1. The van der Waals surface area contributed by atoms with Crippen molar-refractivity contribution >= 4 is 12.5 Å². The quantitative estimate of drug-likeness (QED) is 0.798. The summed E-state index contributed by atoms with van der Waals surface area (Å²) in [5.41, 5.74) is -0.949. The molecule has 1 atom stereocenters. The van der Waals surface area contributed by atoms with Gasteiger partial charge in [0.1, 0.15) is 0 Å². The minimum Gasteiger partial charge on any atom is -0.300 e. The molecule has 5 nitrogen and oxygen atoms in total. The van der Waals surface area contributed by atoms with Crippen molar-refractivity contribution in [1.82, 2.24) is 14.7 Å². The first-order chi connectivity index (χ1) is 9.45. The zero-order valence-electron chi connectivity index (χ0n) is 10.8. The standard InChI is InChI=1S/C12H14F3N5/c1-17-11-7-10(12(13,14)15)18-20(11)9-3-6-19(8-9)5-2-4-16/h7,9H,1-3,5-6,8H2. The van der Waals surface area contributed by atoms with Gasteiger partial charge in [-0.05, 0) is 13.1 Å². The van der Waals surface area contributed by atoms with Crippen molar-refractivity contribution in [2.24, 2.45) is 4.99 Å². The van der Waals surface area contributed by atoms with Crippen LogP contribution in [0.5, 0.6) is 0 Å². The van der Waals surface area contributed by atoms with Crippen LogP contribution < -0.4 is 0 Å². The zero-order valence-corrected chi connectivity index (χ0v) is 10.8. The fourth-order valence-corrected chi connectivity index (χ4v) is 2.33. The molecule has 2 heterocycles. The summed E-state index contributed by atoms with van der Waals surface area (Å²) >= 11 is 0. The molecule has 0 aromatic carbocycles. The lowest BCUT2D eigenvalue weighted by atomic mass is 10.3. The highest BCUT2D eigenvalue weighted by molar-refractivity contribution is 5.41. The maximum absolute atomic E-state index is 12.7. The van der Waals surface area contributed by atoms with Gasteiger partial charge < -0.3 is 4.90 Å². The first kappa shape index (κ1) is 14.5. The Hall–Kier alpha value is -1.88. The van der Waals surface area contributed by atoms with Gasteiger partial charge in [0.15, 0.2) is 11.5 Å². The van der Waals surface area contributed by atoms with Gasteiger partial charge in [0.2, 0.25) is 0 Å². The van der Waals surface area contributed by atoms with E-state index in [-0.39, 0.29) is 11.9 Å². The van der Waals surface area contributed by atoms with Gasteiger partial charge in [-0.3, -0.25) is 0 Å². The largest absolute Gasteiger partial charge is 0.435 e. The highest BCUT2D eigenvalue weighted by Gasteiger charge is 2.36. The summed E-state index contributed by atoms with van der Waals surface area (Å²) in [7, 11) is 0. The molecule has 0 aliphatic carbocycles. The molecule has 20 heavy (non-hydrogen) atoms. The van der Waals surface area contributed by atoms with E-state index in [1.54, 1.807) is 0 Å². The molecule has 1 saturated heterocycles. The van der Waals surface area contributed by atoms with E-state index < -0.39 is 11.9 Å². The van der Waals surface area contributed by atoms with Crippen LogP contribution in [0.1, 0.15) is 24.6 Å². The molecule has 1 unspecified atom stereocenters. The molecule has 1 aromatic heterocycles. The van der Waals surface area contributed by atoms with E-state index in [9.17, 15) is 13.2 Å². The third-order valence-electron chi connectivity index (χ3n) is 3.30. The highest BCUT2D eigenvalue weighted by Crippen LogP contribution is 2.33. The highest BCUT2D eigenvalue weighted by atomic mass is 19.4. The number of rotatable bonds is 4. The van der Waals surface area contributed by atoms with Crippen molar-refractivity contribution < 1.29 is 13.2 Å². The summed E-state index contributed by atoms with van der Waals surface area (Å²) in [5.74, 6) is 0.129. The van der Waals surface area contributed by atoms with Gasteiger partial charge in [0.05, 0.1) is 12.1 Å². The lowest BCUT2D eigenvalue weighted by Gasteiger charge is -2.15. The smallest absolute Gasteiger partial charge is 0.300 e. The number of hydrogen-bond donors (Lipinski definition) is 0. The molecular formula is C12H14F3N5. The predicted molar refractivity (Wildman–Crippen MR) is 66.8 cm³/mol. The molecule has 0 radical (unpaired) electrons. The summed E-state index contributed by atoms with van der Waals surface area (Å²) in [6, 6.07) is 2.80. The predicted octanol–water partition coefficient (Wildman–Crippen LogP) is 2.39. The Labute approximate surface area is 114 Å². The first-order valence-corrected chi connectivity index (χ1v) is 6.18. The van der Waals surface area contributed by atoms with Crippen LogP contribution in [0, 0.1) is 11.3 Å². The van der Waals surface area contributed by atoms with Crippen LogP contribution in [-0.2, 0) is 6.18 Å². The van der Waals surface area contributed by atoms with E-state index in [4.69, 9.17) is 5.26 Å². The minimum absolute atomic E-state index is 0.129. The molecule has 108 valence electrons. The second kappa shape index (κ2) is 5.63. The molecule has 1 aliphatic rings. The molecule has 1 fully saturated rings. The van der Waals surface area contributed by atoms with Gasteiger partial charge in [-0.25, -0.2) is 9.67 Å². The number of nitrogens with zero attached hydrogens (tertiary/aromatic N) is 5. The Kier molecular flexibility index (Phi) is 4.09. The third-order valence-corrected chi connectivity index (χ3v) is 3.30.